The molecule has 2 aromatic rings. The van der Waals surface area contributed by atoms with Crippen LogP contribution in [0.4, 0.5) is 5.69 Å². The lowest BCUT2D eigenvalue weighted by Crippen LogP contribution is -2.31. The van der Waals surface area contributed by atoms with Crippen molar-refractivity contribution in [3.8, 4) is 0 Å². The molecule has 1 fully saturated rings. The van der Waals surface area contributed by atoms with Crippen molar-refractivity contribution in [3.05, 3.63) is 30.0 Å². The molecule has 2 heterocycles. The first-order valence-electron chi connectivity index (χ1n) is 8.55. The number of carbonyl (C=O) groups is 3. The normalized spacial score (nSPS) is 15.8. The summed E-state index contributed by atoms with van der Waals surface area (Å²) < 4.78 is 0. The van der Waals surface area contributed by atoms with E-state index in [1.165, 1.54) is 0 Å². The van der Waals surface area contributed by atoms with Crippen molar-refractivity contribution < 1.29 is 24.6 Å². The Hall–Kier alpha value is -2.87. The van der Waals surface area contributed by atoms with E-state index in [-0.39, 0.29) is 12.8 Å². The van der Waals surface area contributed by atoms with Crippen LogP contribution in [-0.4, -0.2) is 51.0 Å². The number of aromatic nitrogens is 1. The second kappa shape index (κ2) is 7.57. The molecular weight excluding hydrogens is 338 g/mol. The summed E-state index contributed by atoms with van der Waals surface area (Å²) in [6, 6.07) is 4.47. The van der Waals surface area contributed by atoms with Crippen molar-refractivity contribution >= 4 is 34.4 Å². The first kappa shape index (κ1) is 17.9. The number of likely N-dealkylation sites (tertiary alicyclic amines) is 1. The first-order chi connectivity index (χ1) is 12.5. The maximum Gasteiger partial charge on any atom is 0.325 e. The number of fused-ring (bicyclic) bond motifs is 1. The number of amides is 1. The zero-order valence-corrected chi connectivity index (χ0v) is 14.2. The third-order valence-corrected chi connectivity index (χ3v) is 4.60. The third kappa shape index (κ3) is 3.85. The monoisotopic (exact) mass is 359 g/mol. The summed E-state index contributed by atoms with van der Waals surface area (Å²) >= 11 is 0. The minimum atomic E-state index is -1.03. The molecule has 1 aromatic carbocycles. The van der Waals surface area contributed by atoms with Crippen molar-refractivity contribution in [2.75, 3.05) is 18.4 Å². The smallest absolute Gasteiger partial charge is 0.325 e. The number of carbonyl (C=O) groups excluding carboxylic acids is 1. The molecule has 0 spiro atoms. The quantitative estimate of drug-likeness (QED) is 0.601. The van der Waals surface area contributed by atoms with Crippen LogP contribution in [0, 0.1) is 0 Å². The van der Waals surface area contributed by atoms with Crippen molar-refractivity contribution in [1.82, 2.24) is 9.88 Å². The summed E-state index contributed by atoms with van der Waals surface area (Å²) in [6.45, 7) is 1.49. The number of aliphatic carboxylic acids is 2. The van der Waals surface area contributed by atoms with E-state index in [4.69, 9.17) is 5.11 Å². The lowest BCUT2D eigenvalue weighted by Gasteiger charge is -2.23. The lowest BCUT2D eigenvalue weighted by molar-refractivity contribution is -0.143. The first-order valence-corrected chi connectivity index (χ1v) is 8.55. The van der Waals surface area contributed by atoms with Gasteiger partial charge in [0.15, 0.2) is 0 Å². The molecule has 1 atom stereocenters. The summed E-state index contributed by atoms with van der Waals surface area (Å²) in [5.74, 6) is -2.32. The molecule has 1 aromatic heterocycles. The van der Waals surface area contributed by atoms with E-state index < -0.39 is 23.9 Å². The lowest BCUT2D eigenvalue weighted by atomic mass is 10.0. The largest absolute Gasteiger partial charge is 0.481 e. The Bertz CT molecular complexity index is 838. The number of aromatic amines is 1. The van der Waals surface area contributed by atoms with Crippen LogP contribution >= 0.6 is 0 Å². The number of H-pyrrole nitrogens is 1. The molecule has 8 heteroatoms. The topological polar surface area (TPSA) is 123 Å². The zero-order chi connectivity index (χ0) is 18.7. The van der Waals surface area contributed by atoms with E-state index in [0.29, 0.717) is 11.3 Å². The molecule has 1 aliphatic heterocycles. The van der Waals surface area contributed by atoms with Crippen LogP contribution in [0.1, 0.15) is 37.3 Å². The molecule has 0 unspecified atom stereocenters. The summed E-state index contributed by atoms with van der Waals surface area (Å²) in [6.07, 6.45) is 3.32. The maximum atomic E-state index is 11.9. The van der Waals surface area contributed by atoms with Crippen LogP contribution in [0.15, 0.2) is 24.4 Å². The van der Waals surface area contributed by atoms with Gasteiger partial charge in [-0.05, 0) is 44.1 Å². The molecule has 4 N–H and O–H groups in total. The molecule has 0 saturated carbocycles. The number of anilines is 1. The van der Waals surface area contributed by atoms with Crippen molar-refractivity contribution in [3.63, 3.8) is 0 Å². The maximum absolute atomic E-state index is 11.9. The van der Waals surface area contributed by atoms with E-state index >= 15 is 0 Å². The molecular formula is C18H21N3O5. The molecule has 1 amide bonds. The van der Waals surface area contributed by atoms with Gasteiger partial charge in [-0.2, -0.15) is 0 Å². The van der Waals surface area contributed by atoms with Crippen molar-refractivity contribution in [2.45, 2.75) is 31.7 Å². The number of hydrogen-bond donors (Lipinski definition) is 4. The summed E-state index contributed by atoms with van der Waals surface area (Å²) in [4.78, 5) is 39.3. The second-order valence-electron chi connectivity index (χ2n) is 6.43. The molecule has 3 rings (SSSR count). The van der Waals surface area contributed by atoms with Crippen LogP contribution in [0.25, 0.3) is 10.9 Å². The van der Waals surface area contributed by atoms with Crippen LogP contribution in [-0.2, 0) is 14.4 Å². The van der Waals surface area contributed by atoms with E-state index in [9.17, 15) is 19.5 Å². The minimum absolute atomic E-state index is 0.112. The predicted octanol–water partition coefficient (Wildman–Crippen LogP) is 2.19. The van der Waals surface area contributed by atoms with Crippen molar-refractivity contribution in [2.24, 2.45) is 0 Å². The average Bonchev–Trinajstić information content (AvgIpc) is 3.24. The molecule has 0 radical (unpaired) electrons. The Morgan fingerprint density at radius 3 is 2.54 bits per heavy atom. The third-order valence-electron chi connectivity index (χ3n) is 4.60. The number of carboxylic acids is 2. The van der Waals surface area contributed by atoms with Gasteiger partial charge in [-0.25, -0.2) is 0 Å². The van der Waals surface area contributed by atoms with Gasteiger partial charge in [-0.1, -0.05) is 0 Å². The molecule has 26 heavy (non-hydrogen) atoms. The van der Waals surface area contributed by atoms with Gasteiger partial charge >= 0.3 is 11.9 Å². The van der Waals surface area contributed by atoms with Gasteiger partial charge in [0.2, 0.25) is 5.91 Å². The Kier molecular flexibility index (Phi) is 5.22. The van der Waals surface area contributed by atoms with Gasteiger partial charge < -0.3 is 20.5 Å². The van der Waals surface area contributed by atoms with Gasteiger partial charge in [0.25, 0.3) is 0 Å². The Balaban J connectivity index is 1.86. The van der Waals surface area contributed by atoms with E-state index in [2.05, 4.69) is 10.3 Å². The van der Waals surface area contributed by atoms with Crippen molar-refractivity contribution in [1.29, 1.82) is 0 Å². The highest BCUT2D eigenvalue weighted by Gasteiger charge is 2.31. The van der Waals surface area contributed by atoms with Crippen LogP contribution in [0.3, 0.4) is 0 Å². The zero-order valence-electron chi connectivity index (χ0n) is 14.2. The van der Waals surface area contributed by atoms with Gasteiger partial charge in [-0.3, -0.25) is 19.3 Å². The molecule has 138 valence electrons. The van der Waals surface area contributed by atoms with E-state index in [1.54, 1.807) is 24.4 Å². The standard InChI is InChI=1S/C18H21N3O5/c22-15(5-6-16(23)24)20-11-3-4-14-12(9-11)13(10-19-14)17(18(25)26)21-7-1-2-8-21/h3-4,9-10,17,19H,1-2,5-8H2,(H,20,22)(H,23,24)(H,25,26)/t17-/m0/s1. The highest BCUT2D eigenvalue weighted by Crippen LogP contribution is 2.32. The predicted molar refractivity (Wildman–Crippen MR) is 95.0 cm³/mol. The fourth-order valence-electron chi connectivity index (χ4n) is 3.38. The van der Waals surface area contributed by atoms with E-state index in [0.717, 1.165) is 36.8 Å². The highest BCUT2D eigenvalue weighted by molar-refractivity contribution is 5.96. The number of nitrogens with one attached hydrogen (secondary N) is 2. The number of carboxylic acid groups (broad SMARTS) is 2. The van der Waals surface area contributed by atoms with E-state index in [1.807, 2.05) is 4.90 Å². The Morgan fingerprint density at radius 2 is 1.88 bits per heavy atom. The van der Waals surface area contributed by atoms with Gasteiger partial charge in [0.1, 0.15) is 6.04 Å². The minimum Gasteiger partial charge on any atom is -0.481 e. The summed E-state index contributed by atoms with van der Waals surface area (Å²) in [5.41, 5.74) is 1.96. The molecule has 1 aliphatic rings. The SMILES string of the molecule is O=C(O)CCC(=O)Nc1ccc2[nH]cc([C@@H](C(=O)O)N3CCCC3)c2c1. The van der Waals surface area contributed by atoms with Gasteiger partial charge in [0.05, 0.1) is 6.42 Å². The number of hydrogen-bond acceptors (Lipinski definition) is 4. The number of rotatable bonds is 7. The molecule has 0 bridgehead atoms. The Morgan fingerprint density at radius 1 is 1.15 bits per heavy atom. The molecule has 0 aliphatic carbocycles. The molecule has 1 saturated heterocycles. The van der Waals surface area contributed by atoms with Gasteiger partial charge in [-0.15, -0.1) is 0 Å². The number of benzene rings is 1. The van der Waals surface area contributed by atoms with Crippen LogP contribution < -0.4 is 5.32 Å². The summed E-state index contributed by atoms with van der Waals surface area (Å²) in [7, 11) is 0. The molecule has 8 nitrogen and oxygen atoms in total. The highest BCUT2D eigenvalue weighted by atomic mass is 16.4. The second-order valence-corrected chi connectivity index (χ2v) is 6.43. The average molecular weight is 359 g/mol. The van der Waals surface area contributed by atoms with Gasteiger partial charge in [0, 0.05) is 34.8 Å². The fourth-order valence-corrected chi connectivity index (χ4v) is 3.38. The van der Waals surface area contributed by atoms with Crippen LogP contribution in [0.5, 0.6) is 0 Å². The Labute approximate surface area is 149 Å². The summed E-state index contributed by atoms with van der Waals surface area (Å²) in [5, 5.41) is 21.8. The fraction of sp³-hybridized carbons (Fsp3) is 0.389. The van der Waals surface area contributed by atoms with Crippen LogP contribution in [0.2, 0.25) is 0 Å². The number of nitrogens with zero attached hydrogens (tertiary/aromatic N) is 1.